The van der Waals surface area contributed by atoms with Crippen molar-refractivity contribution in [2.45, 2.75) is 51.2 Å². The molecule has 4 heteroatoms. The predicted octanol–water partition coefficient (Wildman–Crippen LogP) is 2.60. The summed E-state index contributed by atoms with van der Waals surface area (Å²) in [5, 5.41) is 0. The van der Waals surface area contributed by atoms with Crippen molar-refractivity contribution in [3.63, 3.8) is 0 Å². The Morgan fingerprint density at radius 1 is 1.30 bits per heavy atom. The van der Waals surface area contributed by atoms with Gasteiger partial charge in [0, 0.05) is 24.0 Å². The first kappa shape index (κ1) is 13.6. The molecule has 1 aliphatic heterocycles. The van der Waals surface area contributed by atoms with Crippen molar-refractivity contribution >= 4 is 5.65 Å². The summed E-state index contributed by atoms with van der Waals surface area (Å²) in [7, 11) is 0. The first-order chi connectivity index (χ1) is 9.47. The minimum atomic E-state index is 0.110. The lowest BCUT2D eigenvalue weighted by Crippen LogP contribution is -2.53. The van der Waals surface area contributed by atoms with Crippen LogP contribution in [0.3, 0.4) is 0 Å². The standard InChI is InChI=1S/C16H24N4/c1-16(2,3)20-10-6-7-12(17)15(20)13-11-19-9-5-4-8-14(19)18-13/h4-5,8-9,11-12,15H,6-7,10,17H2,1-3H3. The van der Waals surface area contributed by atoms with Crippen LogP contribution in [0.1, 0.15) is 45.3 Å². The molecule has 1 saturated heterocycles. The molecule has 2 aromatic heterocycles. The van der Waals surface area contributed by atoms with E-state index in [4.69, 9.17) is 10.7 Å². The lowest BCUT2D eigenvalue weighted by atomic mass is 9.89. The summed E-state index contributed by atoms with van der Waals surface area (Å²) < 4.78 is 2.08. The van der Waals surface area contributed by atoms with E-state index in [1.165, 1.54) is 6.42 Å². The topological polar surface area (TPSA) is 46.6 Å². The normalized spacial score (nSPS) is 25.2. The van der Waals surface area contributed by atoms with Gasteiger partial charge in [-0.05, 0) is 52.3 Å². The molecule has 108 valence electrons. The monoisotopic (exact) mass is 272 g/mol. The first-order valence-corrected chi connectivity index (χ1v) is 7.43. The highest BCUT2D eigenvalue weighted by molar-refractivity contribution is 5.40. The fourth-order valence-electron chi connectivity index (χ4n) is 3.25. The zero-order valence-corrected chi connectivity index (χ0v) is 12.6. The zero-order valence-electron chi connectivity index (χ0n) is 12.6. The van der Waals surface area contributed by atoms with Crippen LogP contribution in [0.5, 0.6) is 0 Å². The van der Waals surface area contributed by atoms with Gasteiger partial charge in [-0.3, -0.25) is 4.90 Å². The van der Waals surface area contributed by atoms with Crippen molar-refractivity contribution in [1.29, 1.82) is 0 Å². The Hall–Kier alpha value is -1.39. The van der Waals surface area contributed by atoms with Gasteiger partial charge in [-0.15, -0.1) is 0 Å². The molecule has 3 heterocycles. The number of imidazole rings is 1. The highest BCUT2D eigenvalue weighted by Crippen LogP contribution is 2.35. The van der Waals surface area contributed by atoms with Gasteiger partial charge in [-0.25, -0.2) is 4.98 Å². The maximum absolute atomic E-state index is 6.43. The highest BCUT2D eigenvalue weighted by Gasteiger charge is 2.37. The molecule has 0 aliphatic carbocycles. The molecular formula is C16H24N4. The molecule has 0 saturated carbocycles. The SMILES string of the molecule is CC(C)(C)N1CCCC(N)C1c1cn2ccccc2n1. The smallest absolute Gasteiger partial charge is 0.137 e. The summed E-state index contributed by atoms with van der Waals surface area (Å²) in [4.78, 5) is 7.29. The number of likely N-dealkylation sites (tertiary alicyclic amines) is 1. The third-order valence-electron chi connectivity index (χ3n) is 4.23. The molecule has 0 amide bonds. The molecule has 0 aromatic carbocycles. The van der Waals surface area contributed by atoms with Gasteiger partial charge in [0.25, 0.3) is 0 Å². The van der Waals surface area contributed by atoms with Gasteiger partial charge in [0.15, 0.2) is 0 Å². The van der Waals surface area contributed by atoms with Crippen molar-refractivity contribution < 1.29 is 0 Å². The quantitative estimate of drug-likeness (QED) is 0.868. The number of nitrogens with two attached hydrogens (primary N) is 1. The molecule has 0 spiro atoms. The molecule has 2 unspecified atom stereocenters. The average molecular weight is 272 g/mol. The predicted molar refractivity (Wildman–Crippen MR) is 81.6 cm³/mol. The molecule has 1 aliphatic rings. The minimum absolute atomic E-state index is 0.110. The summed E-state index contributed by atoms with van der Waals surface area (Å²) in [6.07, 6.45) is 6.42. The molecular weight excluding hydrogens is 248 g/mol. The van der Waals surface area contributed by atoms with Crippen molar-refractivity contribution in [1.82, 2.24) is 14.3 Å². The number of pyridine rings is 1. The first-order valence-electron chi connectivity index (χ1n) is 7.43. The maximum Gasteiger partial charge on any atom is 0.137 e. The van der Waals surface area contributed by atoms with Gasteiger partial charge >= 0.3 is 0 Å². The van der Waals surface area contributed by atoms with Gasteiger partial charge in [-0.1, -0.05) is 6.07 Å². The number of rotatable bonds is 1. The van der Waals surface area contributed by atoms with Crippen molar-refractivity contribution in [3.8, 4) is 0 Å². The second kappa shape index (κ2) is 4.86. The zero-order chi connectivity index (χ0) is 14.3. The molecule has 20 heavy (non-hydrogen) atoms. The number of aromatic nitrogens is 2. The van der Waals surface area contributed by atoms with Gasteiger partial charge in [-0.2, -0.15) is 0 Å². The second-order valence-electron chi connectivity index (χ2n) is 6.75. The van der Waals surface area contributed by atoms with Crippen LogP contribution < -0.4 is 5.73 Å². The number of hydrogen-bond acceptors (Lipinski definition) is 3. The summed E-state index contributed by atoms with van der Waals surface area (Å²) in [5.41, 5.74) is 8.63. The molecule has 2 aromatic rings. The molecule has 2 atom stereocenters. The fraction of sp³-hybridized carbons (Fsp3) is 0.562. The Morgan fingerprint density at radius 2 is 2.10 bits per heavy atom. The summed E-state index contributed by atoms with van der Waals surface area (Å²) in [6, 6.07) is 6.46. The van der Waals surface area contributed by atoms with Crippen molar-refractivity contribution in [3.05, 3.63) is 36.3 Å². The van der Waals surface area contributed by atoms with Crippen LogP contribution in [0.25, 0.3) is 5.65 Å². The number of hydrogen-bond donors (Lipinski definition) is 1. The number of nitrogens with zero attached hydrogens (tertiary/aromatic N) is 3. The Bertz CT molecular complexity index is 563. The third kappa shape index (κ3) is 2.34. The minimum Gasteiger partial charge on any atom is -0.326 e. The van der Waals surface area contributed by atoms with Crippen LogP contribution in [0.4, 0.5) is 0 Å². The van der Waals surface area contributed by atoms with Crippen LogP contribution in [-0.2, 0) is 0 Å². The second-order valence-corrected chi connectivity index (χ2v) is 6.75. The van der Waals surface area contributed by atoms with E-state index in [9.17, 15) is 0 Å². The van der Waals surface area contributed by atoms with Crippen LogP contribution in [0.2, 0.25) is 0 Å². The maximum atomic E-state index is 6.43. The molecule has 1 fully saturated rings. The van der Waals surface area contributed by atoms with E-state index < -0.39 is 0 Å². The van der Waals surface area contributed by atoms with E-state index >= 15 is 0 Å². The van der Waals surface area contributed by atoms with Crippen molar-refractivity contribution in [2.75, 3.05) is 6.54 Å². The Morgan fingerprint density at radius 3 is 2.80 bits per heavy atom. The van der Waals surface area contributed by atoms with Crippen LogP contribution >= 0.6 is 0 Å². The number of fused-ring (bicyclic) bond motifs is 1. The molecule has 0 radical (unpaired) electrons. The van der Waals surface area contributed by atoms with E-state index in [0.29, 0.717) is 0 Å². The molecule has 4 nitrogen and oxygen atoms in total. The molecule has 3 rings (SSSR count). The Labute approximate surface area is 120 Å². The van der Waals surface area contributed by atoms with E-state index in [1.54, 1.807) is 0 Å². The number of piperidine rings is 1. The van der Waals surface area contributed by atoms with Gasteiger partial charge in [0.05, 0.1) is 11.7 Å². The van der Waals surface area contributed by atoms with Gasteiger partial charge < -0.3 is 10.1 Å². The van der Waals surface area contributed by atoms with E-state index in [0.717, 1.165) is 24.3 Å². The largest absolute Gasteiger partial charge is 0.326 e. The molecule has 0 bridgehead atoms. The Kier molecular flexibility index (Phi) is 3.30. The third-order valence-corrected chi connectivity index (χ3v) is 4.23. The summed E-state index contributed by atoms with van der Waals surface area (Å²) >= 11 is 0. The van der Waals surface area contributed by atoms with Crippen LogP contribution in [0, 0.1) is 0 Å². The average Bonchev–Trinajstić information content (AvgIpc) is 2.80. The van der Waals surface area contributed by atoms with Gasteiger partial charge in [0.1, 0.15) is 5.65 Å². The summed E-state index contributed by atoms with van der Waals surface area (Å²) in [5.74, 6) is 0. The van der Waals surface area contributed by atoms with Crippen LogP contribution in [0.15, 0.2) is 30.6 Å². The lowest BCUT2D eigenvalue weighted by Gasteiger charge is -2.46. The van der Waals surface area contributed by atoms with Crippen molar-refractivity contribution in [2.24, 2.45) is 5.73 Å². The van der Waals surface area contributed by atoms with E-state index in [1.807, 2.05) is 24.4 Å². The van der Waals surface area contributed by atoms with Gasteiger partial charge in [0.2, 0.25) is 0 Å². The summed E-state index contributed by atoms with van der Waals surface area (Å²) in [6.45, 7) is 7.87. The van der Waals surface area contributed by atoms with E-state index in [2.05, 4.69) is 36.3 Å². The lowest BCUT2D eigenvalue weighted by molar-refractivity contribution is 0.0365. The van der Waals surface area contributed by atoms with E-state index in [-0.39, 0.29) is 17.6 Å². The highest BCUT2D eigenvalue weighted by atomic mass is 15.2. The van der Waals surface area contributed by atoms with Crippen LogP contribution in [-0.4, -0.2) is 32.4 Å². The molecule has 2 N–H and O–H groups in total. The fourth-order valence-corrected chi connectivity index (χ4v) is 3.25. The Balaban J connectivity index is 2.03.